The average Bonchev–Trinajstić information content (AvgIpc) is 2.40. The van der Waals surface area contributed by atoms with E-state index in [1.54, 1.807) is 6.07 Å². The van der Waals surface area contributed by atoms with Crippen molar-refractivity contribution in [1.29, 1.82) is 0 Å². The fourth-order valence-electron chi connectivity index (χ4n) is 2.45. The molecule has 0 aromatic heterocycles. The number of anilines is 1. The molecule has 5 heteroatoms. The highest BCUT2D eigenvalue weighted by Gasteiger charge is 2.23. The molecule has 0 spiro atoms. The standard InChI is InChI=1S/C14H18BrNO3/c1-2-19-11-5-7-16(8-6-11)13-4-3-10(15)9-12(13)14(17)18/h3-4,9,11H,2,5-8H2,1H3,(H,17,18). The number of carboxylic acid groups (broad SMARTS) is 1. The van der Waals surface area contributed by atoms with Gasteiger partial charge in [-0.05, 0) is 38.0 Å². The molecule has 0 radical (unpaired) electrons. The Labute approximate surface area is 121 Å². The number of nitrogens with zero attached hydrogens (tertiary/aromatic N) is 1. The minimum Gasteiger partial charge on any atom is -0.478 e. The van der Waals surface area contributed by atoms with E-state index in [-0.39, 0.29) is 0 Å². The summed E-state index contributed by atoms with van der Waals surface area (Å²) in [5, 5.41) is 9.28. The van der Waals surface area contributed by atoms with Crippen molar-refractivity contribution in [3.63, 3.8) is 0 Å². The molecule has 19 heavy (non-hydrogen) atoms. The number of hydrogen-bond donors (Lipinski definition) is 1. The predicted octanol–water partition coefficient (Wildman–Crippen LogP) is 3.15. The van der Waals surface area contributed by atoms with Crippen molar-refractivity contribution in [2.75, 3.05) is 24.6 Å². The second kappa shape index (κ2) is 6.39. The molecule has 1 N–H and O–H groups in total. The number of carbonyl (C=O) groups is 1. The summed E-state index contributed by atoms with van der Waals surface area (Å²) in [6.45, 7) is 4.42. The molecule has 1 heterocycles. The molecule has 1 aromatic rings. The first-order chi connectivity index (χ1) is 9.11. The first-order valence-corrected chi connectivity index (χ1v) is 7.30. The van der Waals surface area contributed by atoms with Gasteiger partial charge in [0.05, 0.1) is 17.4 Å². The van der Waals surface area contributed by atoms with Gasteiger partial charge in [-0.3, -0.25) is 0 Å². The molecule has 0 aliphatic carbocycles. The van der Waals surface area contributed by atoms with Crippen LogP contribution in [0, 0.1) is 0 Å². The minimum atomic E-state index is -0.886. The Morgan fingerprint density at radius 1 is 1.47 bits per heavy atom. The van der Waals surface area contributed by atoms with Crippen molar-refractivity contribution in [2.24, 2.45) is 0 Å². The van der Waals surface area contributed by atoms with Crippen molar-refractivity contribution < 1.29 is 14.6 Å². The third-order valence-corrected chi connectivity index (χ3v) is 3.87. The van der Waals surface area contributed by atoms with Crippen LogP contribution in [0.25, 0.3) is 0 Å². The van der Waals surface area contributed by atoms with Crippen LogP contribution in [-0.2, 0) is 4.74 Å². The third kappa shape index (κ3) is 3.48. The van der Waals surface area contributed by atoms with Gasteiger partial charge in [-0.25, -0.2) is 4.79 Å². The molecule has 104 valence electrons. The molecule has 1 aromatic carbocycles. The Morgan fingerprint density at radius 3 is 2.74 bits per heavy atom. The number of rotatable bonds is 4. The molecule has 0 amide bonds. The zero-order chi connectivity index (χ0) is 13.8. The second-order valence-electron chi connectivity index (χ2n) is 4.61. The summed E-state index contributed by atoms with van der Waals surface area (Å²) in [6.07, 6.45) is 2.20. The van der Waals surface area contributed by atoms with Crippen LogP contribution in [0.2, 0.25) is 0 Å². The maximum Gasteiger partial charge on any atom is 0.337 e. The lowest BCUT2D eigenvalue weighted by molar-refractivity contribution is 0.0459. The van der Waals surface area contributed by atoms with E-state index < -0.39 is 5.97 Å². The highest BCUT2D eigenvalue weighted by molar-refractivity contribution is 9.10. The molecule has 1 fully saturated rings. The van der Waals surface area contributed by atoms with Crippen LogP contribution in [0.15, 0.2) is 22.7 Å². The molecule has 2 rings (SSSR count). The number of carboxylic acids is 1. The summed E-state index contributed by atoms with van der Waals surface area (Å²) in [5.74, 6) is -0.886. The van der Waals surface area contributed by atoms with Gasteiger partial charge in [0.15, 0.2) is 0 Å². The lowest BCUT2D eigenvalue weighted by Gasteiger charge is -2.34. The Hall–Kier alpha value is -1.07. The summed E-state index contributed by atoms with van der Waals surface area (Å²) in [6, 6.07) is 5.41. The molecule has 1 aliphatic rings. The Balaban J connectivity index is 2.13. The van der Waals surface area contributed by atoms with Crippen LogP contribution in [0.5, 0.6) is 0 Å². The number of hydrogen-bond acceptors (Lipinski definition) is 3. The van der Waals surface area contributed by atoms with Crippen LogP contribution in [0.1, 0.15) is 30.1 Å². The van der Waals surface area contributed by atoms with Crippen LogP contribution >= 0.6 is 15.9 Å². The van der Waals surface area contributed by atoms with Crippen LogP contribution < -0.4 is 4.90 Å². The Kier molecular flexibility index (Phi) is 4.82. The first kappa shape index (κ1) is 14.3. The molecular formula is C14H18BrNO3. The van der Waals surface area contributed by atoms with Gasteiger partial charge < -0.3 is 14.7 Å². The van der Waals surface area contributed by atoms with Crippen molar-refractivity contribution >= 4 is 27.6 Å². The molecule has 0 saturated carbocycles. The maximum atomic E-state index is 11.3. The smallest absolute Gasteiger partial charge is 0.337 e. The van der Waals surface area contributed by atoms with Crippen molar-refractivity contribution in [3.8, 4) is 0 Å². The summed E-state index contributed by atoms with van der Waals surface area (Å²) in [7, 11) is 0. The topological polar surface area (TPSA) is 49.8 Å². The summed E-state index contributed by atoms with van der Waals surface area (Å²) >= 11 is 3.32. The van der Waals surface area contributed by atoms with Crippen LogP contribution in [0.3, 0.4) is 0 Å². The van der Waals surface area contributed by atoms with E-state index in [1.807, 2.05) is 19.1 Å². The van der Waals surface area contributed by atoms with Gasteiger partial charge in [-0.1, -0.05) is 15.9 Å². The number of benzene rings is 1. The summed E-state index contributed by atoms with van der Waals surface area (Å²) < 4.78 is 6.40. The molecule has 4 nitrogen and oxygen atoms in total. The monoisotopic (exact) mass is 327 g/mol. The van der Waals surface area contributed by atoms with Crippen LogP contribution in [0.4, 0.5) is 5.69 Å². The minimum absolute atomic E-state index is 0.310. The van der Waals surface area contributed by atoms with Crippen molar-refractivity contribution in [2.45, 2.75) is 25.9 Å². The third-order valence-electron chi connectivity index (χ3n) is 3.37. The summed E-state index contributed by atoms with van der Waals surface area (Å²) in [4.78, 5) is 13.4. The van der Waals surface area contributed by atoms with E-state index in [1.165, 1.54) is 0 Å². The molecular weight excluding hydrogens is 310 g/mol. The van der Waals surface area contributed by atoms with Gasteiger partial charge >= 0.3 is 5.97 Å². The molecule has 1 saturated heterocycles. The van der Waals surface area contributed by atoms with E-state index in [0.29, 0.717) is 11.7 Å². The van der Waals surface area contributed by atoms with Crippen LogP contribution in [-0.4, -0.2) is 36.9 Å². The fraction of sp³-hybridized carbons (Fsp3) is 0.500. The second-order valence-corrected chi connectivity index (χ2v) is 5.52. The van der Waals surface area contributed by atoms with Crippen molar-refractivity contribution in [3.05, 3.63) is 28.2 Å². The fourth-order valence-corrected chi connectivity index (χ4v) is 2.82. The van der Waals surface area contributed by atoms with E-state index in [9.17, 15) is 9.90 Å². The zero-order valence-corrected chi connectivity index (χ0v) is 12.5. The average molecular weight is 328 g/mol. The van der Waals surface area contributed by atoms with Gasteiger partial charge in [0.25, 0.3) is 0 Å². The number of halogens is 1. The SMILES string of the molecule is CCOC1CCN(c2ccc(Br)cc2C(=O)O)CC1. The number of ether oxygens (including phenoxy) is 1. The van der Waals surface area contributed by atoms with E-state index in [4.69, 9.17) is 4.74 Å². The highest BCUT2D eigenvalue weighted by Crippen LogP contribution is 2.27. The quantitative estimate of drug-likeness (QED) is 0.922. The largest absolute Gasteiger partial charge is 0.478 e. The lowest BCUT2D eigenvalue weighted by Crippen LogP contribution is -2.37. The Bertz CT molecular complexity index is 456. The number of aromatic carboxylic acids is 1. The lowest BCUT2D eigenvalue weighted by atomic mass is 10.0. The predicted molar refractivity (Wildman–Crippen MR) is 78.0 cm³/mol. The Morgan fingerprint density at radius 2 is 2.16 bits per heavy atom. The van der Waals surface area contributed by atoms with Crippen molar-refractivity contribution in [1.82, 2.24) is 0 Å². The molecule has 0 atom stereocenters. The van der Waals surface area contributed by atoms with Gasteiger partial charge in [-0.2, -0.15) is 0 Å². The van der Waals surface area contributed by atoms with E-state index >= 15 is 0 Å². The van der Waals surface area contributed by atoms with E-state index in [0.717, 1.165) is 42.7 Å². The van der Waals surface area contributed by atoms with Gasteiger partial charge in [0.1, 0.15) is 0 Å². The molecule has 0 unspecified atom stereocenters. The van der Waals surface area contributed by atoms with E-state index in [2.05, 4.69) is 20.8 Å². The van der Waals surface area contributed by atoms with Gasteiger partial charge in [-0.15, -0.1) is 0 Å². The highest BCUT2D eigenvalue weighted by atomic mass is 79.9. The molecule has 1 aliphatic heterocycles. The maximum absolute atomic E-state index is 11.3. The molecule has 0 bridgehead atoms. The first-order valence-electron chi connectivity index (χ1n) is 6.51. The normalized spacial score (nSPS) is 16.6. The number of piperidine rings is 1. The zero-order valence-electron chi connectivity index (χ0n) is 10.9. The van der Waals surface area contributed by atoms with Gasteiger partial charge in [0.2, 0.25) is 0 Å². The van der Waals surface area contributed by atoms with Gasteiger partial charge in [0, 0.05) is 24.2 Å². The summed E-state index contributed by atoms with van der Waals surface area (Å²) in [5.41, 5.74) is 1.15.